The van der Waals surface area contributed by atoms with Gasteiger partial charge >= 0.3 is 5.97 Å². The molecule has 2 N–H and O–H groups in total. The first-order valence-electron chi connectivity index (χ1n) is 10.4. The van der Waals surface area contributed by atoms with E-state index in [1.165, 1.54) is 7.11 Å². The second-order valence-electron chi connectivity index (χ2n) is 7.97. The van der Waals surface area contributed by atoms with Gasteiger partial charge in [0.15, 0.2) is 0 Å². The highest BCUT2D eigenvalue weighted by Crippen LogP contribution is 2.47. The average Bonchev–Trinajstić information content (AvgIpc) is 3.15. The van der Waals surface area contributed by atoms with Gasteiger partial charge in [-0.25, -0.2) is 4.39 Å². The molecule has 0 spiro atoms. The minimum absolute atomic E-state index is 0.0377. The molecule has 1 heterocycles. The van der Waals surface area contributed by atoms with Crippen molar-refractivity contribution in [2.45, 2.75) is 92.8 Å². The van der Waals surface area contributed by atoms with E-state index in [9.17, 15) is 15.0 Å². The van der Waals surface area contributed by atoms with Crippen molar-refractivity contribution in [1.29, 1.82) is 0 Å². The van der Waals surface area contributed by atoms with E-state index in [0.29, 0.717) is 32.1 Å². The van der Waals surface area contributed by atoms with Crippen molar-refractivity contribution in [1.82, 2.24) is 0 Å². The Morgan fingerprint density at radius 3 is 2.79 bits per heavy atom. The van der Waals surface area contributed by atoms with Crippen LogP contribution < -0.4 is 0 Å². The minimum Gasteiger partial charge on any atom is -0.469 e. The molecular formula is C21H34FIO5. The number of unbranched alkanes of at least 4 members (excludes halogenated alkanes) is 2. The quantitative estimate of drug-likeness (QED) is 0.145. The molecule has 0 amide bonds. The first-order chi connectivity index (χ1) is 13.4. The number of ether oxygens (including phenoxy) is 2. The lowest BCUT2D eigenvalue weighted by Crippen LogP contribution is -2.34. The fraction of sp³-hybridized carbons (Fsp3) is 0.857. The number of carbonyl (C=O) groups excluding carboxylic acids is 1. The Balaban J connectivity index is 1.89. The summed E-state index contributed by atoms with van der Waals surface area (Å²) >= 11 is 2.20. The first kappa shape index (κ1) is 24.0. The smallest absolute Gasteiger partial charge is 0.305 e. The van der Waals surface area contributed by atoms with Crippen molar-refractivity contribution in [2.75, 3.05) is 7.11 Å². The lowest BCUT2D eigenvalue weighted by Gasteiger charge is -2.24. The Labute approximate surface area is 181 Å². The first-order valence-corrected chi connectivity index (χ1v) is 11.7. The predicted molar refractivity (Wildman–Crippen MR) is 114 cm³/mol. The number of esters is 1. The van der Waals surface area contributed by atoms with Crippen molar-refractivity contribution in [2.24, 2.45) is 11.8 Å². The van der Waals surface area contributed by atoms with Crippen LogP contribution in [0.4, 0.5) is 4.39 Å². The minimum atomic E-state index is -1.16. The van der Waals surface area contributed by atoms with Crippen molar-refractivity contribution >= 4 is 28.6 Å². The van der Waals surface area contributed by atoms with Crippen LogP contribution in [0.5, 0.6) is 0 Å². The number of hydrogen-bond acceptors (Lipinski definition) is 5. The Morgan fingerprint density at radius 2 is 2.11 bits per heavy atom. The normalized spacial score (nSPS) is 34.5. The molecule has 28 heavy (non-hydrogen) atoms. The maximum absolute atomic E-state index is 15.2. The summed E-state index contributed by atoms with van der Waals surface area (Å²) in [5.74, 6) is -0.961. The number of halogens is 2. The second-order valence-corrected chi connectivity index (χ2v) is 9.57. The molecule has 162 valence electrons. The van der Waals surface area contributed by atoms with E-state index in [1.807, 2.05) is 0 Å². The largest absolute Gasteiger partial charge is 0.469 e. The van der Waals surface area contributed by atoms with E-state index >= 15 is 4.39 Å². The molecule has 1 saturated carbocycles. The molecule has 0 aromatic rings. The highest BCUT2D eigenvalue weighted by Gasteiger charge is 2.55. The van der Waals surface area contributed by atoms with Crippen LogP contribution in [0.3, 0.4) is 0 Å². The summed E-state index contributed by atoms with van der Waals surface area (Å²) < 4.78 is 25.8. The van der Waals surface area contributed by atoms with Gasteiger partial charge in [-0.3, -0.25) is 4.79 Å². The topological polar surface area (TPSA) is 76.0 Å². The van der Waals surface area contributed by atoms with Gasteiger partial charge in [-0.15, -0.1) is 0 Å². The molecule has 0 aromatic carbocycles. The molecule has 7 heteroatoms. The van der Waals surface area contributed by atoms with E-state index in [1.54, 1.807) is 12.2 Å². The molecule has 1 aliphatic carbocycles. The third-order valence-corrected chi connectivity index (χ3v) is 7.24. The summed E-state index contributed by atoms with van der Waals surface area (Å²) in [6.07, 6.45) is 6.24. The Hall–Kier alpha value is -0.250. The number of aliphatic hydroxyl groups excluding tert-OH is 2. The zero-order valence-electron chi connectivity index (χ0n) is 16.8. The van der Waals surface area contributed by atoms with Crippen molar-refractivity contribution in [3.05, 3.63) is 12.2 Å². The molecule has 2 rings (SSSR count). The van der Waals surface area contributed by atoms with Crippen molar-refractivity contribution in [3.8, 4) is 0 Å². The molecule has 0 aromatic heterocycles. The molecular weight excluding hydrogens is 478 g/mol. The fourth-order valence-electron chi connectivity index (χ4n) is 4.32. The van der Waals surface area contributed by atoms with Gasteiger partial charge in [0.05, 0.1) is 25.4 Å². The molecule has 0 radical (unpaired) electrons. The summed E-state index contributed by atoms with van der Waals surface area (Å²) in [6, 6.07) is 0. The van der Waals surface area contributed by atoms with E-state index < -0.39 is 24.5 Å². The fourth-order valence-corrected chi connectivity index (χ4v) is 5.33. The number of alkyl halides is 2. The highest BCUT2D eigenvalue weighted by atomic mass is 127. The summed E-state index contributed by atoms with van der Waals surface area (Å²) in [7, 11) is 1.36. The molecule has 1 aliphatic heterocycles. The van der Waals surface area contributed by atoms with Crippen LogP contribution in [-0.4, -0.2) is 57.8 Å². The summed E-state index contributed by atoms with van der Waals surface area (Å²) in [5.41, 5.74) is 0. The maximum atomic E-state index is 15.2. The van der Waals surface area contributed by atoms with Gasteiger partial charge in [-0.2, -0.15) is 0 Å². The number of rotatable bonds is 11. The van der Waals surface area contributed by atoms with Crippen molar-refractivity contribution < 1.29 is 28.9 Å². The van der Waals surface area contributed by atoms with Gasteiger partial charge in [0.25, 0.3) is 0 Å². The van der Waals surface area contributed by atoms with Gasteiger partial charge in [0.2, 0.25) is 0 Å². The molecule has 0 bridgehead atoms. The third kappa shape index (κ3) is 6.37. The monoisotopic (exact) mass is 512 g/mol. The van der Waals surface area contributed by atoms with Crippen LogP contribution in [0.1, 0.15) is 58.3 Å². The lowest BCUT2D eigenvalue weighted by molar-refractivity contribution is -0.140. The van der Waals surface area contributed by atoms with Gasteiger partial charge in [0, 0.05) is 28.6 Å². The van der Waals surface area contributed by atoms with E-state index in [2.05, 4.69) is 34.3 Å². The molecule has 2 fully saturated rings. The maximum Gasteiger partial charge on any atom is 0.305 e. The predicted octanol–water partition coefficient (Wildman–Crippen LogP) is 3.73. The summed E-state index contributed by atoms with van der Waals surface area (Å²) in [5, 5.41) is 20.5. The van der Waals surface area contributed by atoms with Gasteiger partial charge in [-0.05, 0) is 19.3 Å². The highest BCUT2D eigenvalue weighted by molar-refractivity contribution is 14.1. The number of fused-ring (bicyclic) bond motifs is 1. The van der Waals surface area contributed by atoms with Crippen LogP contribution in [0, 0.1) is 11.8 Å². The number of carbonyl (C=O) groups is 1. The Kier molecular flexibility index (Phi) is 10.1. The van der Waals surface area contributed by atoms with Crippen LogP contribution in [-0.2, 0) is 14.3 Å². The van der Waals surface area contributed by atoms with Gasteiger partial charge < -0.3 is 19.7 Å². The summed E-state index contributed by atoms with van der Waals surface area (Å²) in [4.78, 5) is 11.2. The molecule has 2 aliphatic rings. The van der Waals surface area contributed by atoms with Crippen LogP contribution >= 0.6 is 22.6 Å². The second kappa shape index (κ2) is 11.8. The number of aliphatic hydroxyl groups is 2. The number of hydrogen-bond donors (Lipinski definition) is 2. The van der Waals surface area contributed by atoms with E-state index in [-0.39, 0.29) is 27.8 Å². The SMILES string of the molecule is CCCCC[C@H](O)C=C[C@@H]1[C@H]2C(F)C(C(I)CCCC(=O)OC)O[C@H]2C[C@H]1O. The van der Waals surface area contributed by atoms with Crippen molar-refractivity contribution in [3.63, 3.8) is 0 Å². The Bertz CT molecular complexity index is 517. The molecule has 5 nitrogen and oxygen atoms in total. The zero-order chi connectivity index (χ0) is 20.7. The van der Waals surface area contributed by atoms with Crippen LogP contribution in [0.25, 0.3) is 0 Å². The van der Waals surface area contributed by atoms with E-state index in [4.69, 9.17) is 4.74 Å². The average molecular weight is 512 g/mol. The van der Waals surface area contributed by atoms with Gasteiger partial charge in [0.1, 0.15) is 12.3 Å². The Morgan fingerprint density at radius 1 is 1.36 bits per heavy atom. The van der Waals surface area contributed by atoms with Crippen LogP contribution in [0.15, 0.2) is 12.2 Å². The molecule has 1 saturated heterocycles. The summed E-state index contributed by atoms with van der Waals surface area (Å²) in [6.45, 7) is 2.12. The standard InChI is InChI=1S/C21H34FIO5/c1-3-4-5-7-13(24)10-11-14-16(25)12-17-19(14)20(22)21(28-17)15(23)8-6-9-18(26)27-2/h10-11,13-17,19-21,24-25H,3-9,12H2,1-2H3/t13-,14-,15?,16+,17-,19+,20?,21?/m0/s1. The van der Waals surface area contributed by atoms with Crippen LogP contribution in [0.2, 0.25) is 0 Å². The lowest BCUT2D eigenvalue weighted by atomic mass is 9.87. The third-order valence-electron chi connectivity index (χ3n) is 5.91. The molecule has 3 unspecified atom stereocenters. The van der Waals surface area contributed by atoms with E-state index in [0.717, 1.165) is 19.3 Å². The number of methoxy groups -OCH3 is 1. The molecule has 8 atom stereocenters. The zero-order valence-corrected chi connectivity index (χ0v) is 19.0. The van der Waals surface area contributed by atoms with Gasteiger partial charge in [-0.1, -0.05) is 60.9 Å².